The summed E-state index contributed by atoms with van der Waals surface area (Å²) in [6, 6.07) is 14.0. The van der Waals surface area contributed by atoms with Crippen LogP contribution in [-0.4, -0.2) is 53.4 Å². The number of benzene rings is 2. The van der Waals surface area contributed by atoms with Gasteiger partial charge in [-0.05, 0) is 48.2 Å². The molecule has 2 amide bonds. The topological polar surface area (TPSA) is 74.3 Å². The molecule has 3 aromatic rings. The number of nitrogens with one attached hydrogen (secondary N) is 2. The van der Waals surface area contributed by atoms with E-state index in [0.29, 0.717) is 31.7 Å². The molecule has 6 nitrogen and oxygen atoms in total. The highest BCUT2D eigenvalue weighted by Gasteiger charge is 2.49. The van der Waals surface area contributed by atoms with Gasteiger partial charge in [0.15, 0.2) is 0 Å². The number of nitrogens with zero attached hydrogens (tertiary/aromatic N) is 2. The largest absolute Gasteiger partial charge is 0.353 e. The first kappa shape index (κ1) is 18.3. The lowest BCUT2D eigenvalue weighted by molar-refractivity contribution is -0.124. The smallest absolute Gasteiger partial charge is 0.253 e. The van der Waals surface area contributed by atoms with E-state index in [1.807, 2.05) is 40.7 Å². The Bertz CT molecular complexity index is 1070. The number of amides is 2. The first-order valence-corrected chi connectivity index (χ1v) is 10.8. The molecule has 1 spiro atoms. The standard InChI is InChI=1S/C22H22N4O2S/c27-20(26-11-9-23-21(28)22(7-8-22)25-10-12-26)16-3-1-15(2-4-16)17-5-6-18-19(13-17)29-14-24-18/h1-6,13-14,25H,7-12H2,(H,23,28). The average molecular weight is 407 g/mol. The van der Waals surface area contributed by atoms with Gasteiger partial charge in [-0.25, -0.2) is 4.98 Å². The van der Waals surface area contributed by atoms with Gasteiger partial charge in [0, 0.05) is 31.7 Å². The Labute approximate surface area is 172 Å². The van der Waals surface area contributed by atoms with Crippen molar-refractivity contribution in [2.45, 2.75) is 18.4 Å². The third-order valence-corrected chi connectivity index (χ3v) is 6.57. The van der Waals surface area contributed by atoms with Crippen LogP contribution < -0.4 is 10.6 Å². The van der Waals surface area contributed by atoms with Gasteiger partial charge in [-0.1, -0.05) is 18.2 Å². The SMILES string of the molecule is O=C(c1ccc(-c2ccc3ncsc3c2)cc1)N1CCNC(=O)C2(CC2)NCC1. The maximum atomic E-state index is 13.0. The second-order valence-electron chi connectivity index (χ2n) is 7.67. The van der Waals surface area contributed by atoms with Crippen molar-refractivity contribution in [3.8, 4) is 11.1 Å². The van der Waals surface area contributed by atoms with Gasteiger partial charge in [0.25, 0.3) is 5.91 Å². The number of carbonyl (C=O) groups is 2. The van der Waals surface area contributed by atoms with E-state index in [0.717, 1.165) is 34.2 Å². The van der Waals surface area contributed by atoms with E-state index < -0.39 is 0 Å². The summed E-state index contributed by atoms with van der Waals surface area (Å²) < 4.78 is 1.15. The van der Waals surface area contributed by atoms with Crippen LogP contribution in [0.5, 0.6) is 0 Å². The molecule has 29 heavy (non-hydrogen) atoms. The summed E-state index contributed by atoms with van der Waals surface area (Å²) in [6.45, 7) is 2.23. The maximum Gasteiger partial charge on any atom is 0.253 e. The van der Waals surface area contributed by atoms with Gasteiger partial charge in [-0.3, -0.25) is 9.59 Å². The zero-order valence-corrected chi connectivity index (χ0v) is 16.8. The Balaban J connectivity index is 1.31. The van der Waals surface area contributed by atoms with E-state index in [2.05, 4.69) is 27.8 Å². The fourth-order valence-electron chi connectivity index (χ4n) is 3.85. The fourth-order valence-corrected chi connectivity index (χ4v) is 4.57. The average Bonchev–Trinajstić information content (AvgIpc) is 3.37. The van der Waals surface area contributed by atoms with Gasteiger partial charge in [0.1, 0.15) is 0 Å². The monoisotopic (exact) mass is 406 g/mol. The molecule has 1 aliphatic carbocycles. The summed E-state index contributed by atoms with van der Waals surface area (Å²) in [5.41, 5.74) is 5.33. The molecule has 148 valence electrons. The molecule has 0 atom stereocenters. The molecule has 0 radical (unpaired) electrons. The lowest BCUT2D eigenvalue weighted by Gasteiger charge is -2.22. The minimum atomic E-state index is -0.389. The molecular formula is C22H22N4O2S. The minimum absolute atomic E-state index is 0.00254. The molecular weight excluding hydrogens is 384 g/mol. The van der Waals surface area contributed by atoms with Gasteiger partial charge in [0.05, 0.1) is 21.3 Å². The van der Waals surface area contributed by atoms with Gasteiger partial charge in [0.2, 0.25) is 5.91 Å². The Hall–Kier alpha value is -2.77. The van der Waals surface area contributed by atoms with Crippen LogP contribution in [0.2, 0.25) is 0 Å². The normalized spacial score (nSPS) is 18.8. The van der Waals surface area contributed by atoms with Crippen LogP contribution >= 0.6 is 11.3 Å². The summed E-state index contributed by atoms with van der Waals surface area (Å²) in [7, 11) is 0. The molecule has 1 aliphatic heterocycles. The van der Waals surface area contributed by atoms with Crippen LogP contribution in [0.25, 0.3) is 21.3 Å². The molecule has 0 bridgehead atoms. The first-order valence-electron chi connectivity index (χ1n) is 9.91. The van der Waals surface area contributed by atoms with Crippen molar-refractivity contribution in [1.82, 2.24) is 20.5 Å². The zero-order valence-electron chi connectivity index (χ0n) is 16.0. The van der Waals surface area contributed by atoms with Crippen LogP contribution in [0.1, 0.15) is 23.2 Å². The highest BCUT2D eigenvalue weighted by molar-refractivity contribution is 7.16. The lowest BCUT2D eigenvalue weighted by atomic mass is 10.0. The van der Waals surface area contributed by atoms with Crippen LogP contribution in [0.15, 0.2) is 48.0 Å². The van der Waals surface area contributed by atoms with E-state index >= 15 is 0 Å². The molecule has 1 aromatic heterocycles. The molecule has 2 N–H and O–H groups in total. The van der Waals surface area contributed by atoms with Crippen molar-refractivity contribution in [2.75, 3.05) is 26.2 Å². The Morgan fingerprint density at radius 3 is 2.59 bits per heavy atom. The van der Waals surface area contributed by atoms with Gasteiger partial charge in [-0.15, -0.1) is 11.3 Å². The van der Waals surface area contributed by atoms with Gasteiger partial charge < -0.3 is 15.5 Å². The number of aromatic nitrogens is 1. The molecule has 2 aromatic carbocycles. The van der Waals surface area contributed by atoms with E-state index in [-0.39, 0.29) is 17.4 Å². The molecule has 0 unspecified atom stereocenters. The number of hydrogen-bond acceptors (Lipinski definition) is 5. The molecule has 2 heterocycles. The predicted molar refractivity (Wildman–Crippen MR) is 114 cm³/mol. The molecule has 1 saturated carbocycles. The fraction of sp³-hybridized carbons (Fsp3) is 0.318. The minimum Gasteiger partial charge on any atom is -0.353 e. The molecule has 5 rings (SSSR count). The summed E-state index contributed by atoms with van der Waals surface area (Å²) in [4.78, 5) is 31.3. The van der Waals surface area contributed by atoms with Gasteiger partial charge in [-0.2, -0.15) is 0 Å². The quantitative estimate of drug-likeness (QED) is 0.686. The van der Waals surface area contributed by atoms with E-state index in [9.17, 15) is 9.59 Å². The van der Waals surface area contributed by atoms with Crippen molar-refractivity contribution in [3.05, 3.63) is 53.5 Å². The molecule has 2 fully saturated rings. The number of fused-ring (bicyclic) bond motifs is 1. The number of thiazole rings is 1. The summed E-state index contributed by atoms with van der Waals surface area (Å²) >= 11 is 1.63. The van der Waals surface area contributed by atoms with E-state index in [1.165, 1.54) is 0 Å². The third kappa shape index (κ3) is 3.52. The second-order valence-corrected chi connectivity index (χ2v) is 8.56. The van der Waals surface area contributed by atoms with E-state index in [1.54, 1.807) is 11.3 Å². The predicted octanol–water partition coefficient (Wildman–Crippen LogP) is 2.66. The Kier molecular flexibility index (Phi) is 4.56. The summed E-state index contributed by atoms with van der Waals surface area (Å²) in [5.74, 6) is 0.0614. The maximum absolute atomic E-state index is 13.0. The highest BCUT2D eigenvalue weighted by Crippen LogP contribution is 2.35. The van der Waals surface area contributed by atoms with Crippen LogP contribution in [0.4, 0.5) is 0 Å². The Morgan fingerprint density at radius 1 is 1.03 bits per heavy atom. The van der Waals surface area contributed by atoms with Gasteiger partial charge >= 0.3 is 0 Å². The van der Waals surface area contributed by atoms with Crippen LogP contribution in [-0.2, 0) is 4.79 Å². The highest BCUT2D eigenvalue weighted by atomic mass is 32.1. The Morgan fingerprint density at radius 2 is 1.79 bits per heavy atom. The summed E-state index contributed by atoms with van der Waals surface area (Å²) in [6.07, 6.45) is 1.75. The number of hydrogen-bond donors (Lipinski definition) is 2. The lowest BCUT2D eigenvalue weighted by Crippen LogP contribution is -2.46. The first-order chi connectivity index (χ1) is 14.1. The van der Waals surface area contributed by atoms with Crippen molar-refractivity contribution >= 4 is 33.4 Å². The summed E-state index contributed by atoms with van der Waals surface area (Å²) in [5, 5.41) is 6.29. The van der Waals surface area contributed by atoms with E-state index in [4.69, 9.17) is 0 Å². The van der Waals surface area contributed by atoms with Crippen molar-refractivity contribution in [1.29, 1.82) is 0 Å². The number of rotatable bonds is 2. The van der Waals surface area contributed by atoms with Crippen molar-refractivity contribution < 1.29 is 9.59 Å². The molecule has 2 aliphatic rings. The van der Waals surface area contributed by atoms with Crippen LogP contribution in [0.3, 0.4) is 0 Å². The van der Waals surface area contributed by atoms with Crippen molar-refractivity contribution in [3.63, 3.8) is 0 Å². The number of carbonyl (C=O) groups excluding carboxylic acids is 2. The van der Waals surface area contributed by atoms with Crippen LogP contribution in [0, 0.1) is 0 Å². The molecule has 7 heteroatoms. The zero-order chi connectivity index (χ0) is 19.8. The van der Waals surface area contributed by atoms with Crippen molar-refractivity contribution in [2.24, 2.45) is 0 Å². The molecule has 1 saturated heterocycles. The third-order valence-electron chi connectivity index (χ3n) is 5.78. The second kappa shape index (κ2) is 7.24.